The zero-order valence-corrected chi connectivity index (χ0v) is 15.2. The van der Waals surface area contributed by atoms with Gasteiger partial charge in [-0.15, -0.1) is 10.8 Å². The largest absolute Gasteiger partial charge is 0.182 e. The van der Waals surface area contributed by atoms with Crippen molar-refractivity contribution in [3.63, 3.8) is 0 Å². The Morgan fingerprint density at radius 1 is 1.11 bits per heavy atom. The van der Waals surface area contributed by atoms with Gasteiger partial charge in [0.1, 0.15) is 0 Å². The van der Waals surface area contributed by atoms with Crippen molar-refractivity contribution in [1.29, 1.82) is 0 Å². The molecule has 2 bridgehead atoms. The normalized spacial score (nSPS) is 29.9. The minimum atomic E-state index is -1.14. The lowest BCUT2D eigenvalue weighted by Gasteiger charge is -2.42. The Hall–Kier alpha value is 0.529. The molecule has 0 amide bonds. The first-order valence-electron chi connectivity index (χ1n) is 7.60. The van der Waals surface area contributed by atoms with E-state index in [1.54, 1.807) is 5.10 Å². The minimum absolute atomic E-state index is 0.778. The minimum Gasteiger partial charge on any atom is -0.164 e. The molecule has 0 unspecified atom stereocenters. The van der Waals surface area contributed by atoms with E-state index in [4.69, 9.17) is 11.1 Å². The van der Waals surface area contributed by atoms with E-state index >= 15 is 0 Å². The molecule has 0 aromatic carbocycles. The second kappa shape index (κ2) is 5.88. The van der Waals surface area contributed by atoms with Crippen molar-refractivity contribution in [2.45, 2.75) is 76.3 Å². The third kappa shape index (κ3) is 3.55. The summed E-state index contributed by atoms with van der Waals surface area (Å²) in [6.45, 7) is 10.5. The molecule has 101 valence electrons. The number of hydrogen-bond donors (Lipinski definition) is 0. The summed E-state index contributed by atoms with van der Waals surface area (Å²) in [5, 5.41) is 1.72. The molecule has 2 saturated heterocycles. The maximum absolute atomic E-state index is 6.65. The zero-order chi connectivity index (χ0) is 13.3. The molecule has 0 aliphatic carbocycles. The second-order valence-electron chi connectivity index (χ2n) is 7.41. The maximum Gasteiger partial charge on any atom is 0.182 e. The average Bonchev–Trinajstić information content (AvgIpc) is 2.23. The van der Waals surface area contributed by atoms with E-state index in [2.05, 4.69) is 31.9 Å². The van der Waals surface area contributed by atoms with Gasteiger partial charge in [0.2, 0.25) is 0 Å². The van der Waals surface area contributed by atoms with Crippen LogP contribution in [0.25, 0.3) is 0 Å². The second-order valence-corrected chi connectivity index (χ2v) is 15.8. The molecule has 0 aromatic heterocycles. The summed E-state index contributed by atoms with van der Waals surface area (Å²) in [4.78, 5) is 0. The van der Waals surface area contributed by atoms with E-state index in [1.807, 2.05) is 0 Å². The summed E-state index contributed by atoms with van der Waals surface area (Å²) in [6.07, 6.45) is 8.82. The van der Waals surface area contributed by atoms with Gasteiger partial charge in [0.25, 0.3) is 0 Å². The van der Waals surface area contributed by atoms with Crippen molar-refractivity contribution < 1.29 is 0 Å². The van der Waals surface area contributed by atoms with Gasteiger partial charge in [-0.1, -0.05) is 76.3 Å². The van der Waals surface area contributed by atoms with Crippen molar-refractivity contribution >= 4 is 34.0 Å². The van der Waals surface area contributed by atoms with Crippen LogP contribution in [0.4, 0.5) is 0 Å². The lowest BCUT2D eigenvalue weighted by atomic mass is 9.27. The highest BCUT2D eigenvalue weighted by Gasteiger charge is 2.42. The molecule has 2 aliphatic rings. The van der Waals surface area contributed by atoms with Crippen LogP contribution in [-0.2, 0) is 0 Å². The summed E-state index contributed by atoms with van der Waals surface area (Å²) in [7, 11) is -1.91. The average molecular weight is 298 g/mol. The van der Waals surface area contributed by atoms with Gasteiger partial charge >= 0.3 is 0 Å². The standard InChI is InChI=1S/C14H27BClSi2/c1-17(16)14(11-18(2,3)4)15-12-7-5-8-13(15)10-6-9-12/h11-13H,5-10H2,1-4H3/b14-11+. The van der Waals surface area contributed by atoms with Crippen molar-refractivity contribution in [2.75, 3.05) is 0 Å². The number of halogens is 1. The first kappa shape index (κ1) is 14.9. The van der Waals surface area contributed by atoms with Crippen LogP contribution in [0.3, 0.4) is 0 Å². The fourth-order valence-electron chi connectivity index (χ4n) is 4.08. The topological polar surface area (TPSA) is 0 Å². The SMILES string of the molecule is C[Si](Cl)/C(=C/[Si](C)(C)C)B1C2CCCC1CCC2. The van der Waals surface area contributed by atoms with Gasteiger partial charge in [-0.3, -0.25) is 0 Å². The van der Waals surface area contributed by atoms with E-state index in [-0.39, 0.29) is 0 Å². The Morgan fingerprint density at radius 3 is 1.89 bits per heavy atom. The van der Waals surface area contributed by atoms with E-state index in [9.17, 15) is 0 Å². The fourth-order valence-corrected chi connectivity index (χ4v) is 9.10. The van der Waals surface area contributed by atoms with Crippen LogP contribution in [0.15, 0.2) is 10.8 Å². The van der Waals surface area contributed by atoms with Gasteiger partial charge in [0.15, 0.2) is 14.8 Å². The monoisotopic (exact) mass is 297 g/mol. The predicted molar refractivity (Wildman–Crippen MR) is 89.9 cm³/mol. The van der Waals surface area contributed by atoms with E-state index in [0.717, 1.165) is 18.3 Å². The maximum atomic E-state index is 6.65. The van der Waals surface area contributed by atoms with Crippen LogP contribution in [0, 0.1) is 0 Å². The van der Waals surface area contributed by atoms with Gasteiger partial charge in [-0.2, -0.15) is 11.1 Å². The molecule has 1 radical (unpaired) electrons. The van der Waals surface area contributed by atoms with Crippen LogP contribution in [0.2, 0.25) is 37.8 Å². The third-order valence-corrected chi connectivity index (χ3v) is 8.05. The van der Waals surface area contributed by atoms with Crippen LogP contribution in [0.1, 0.15) is 38.5 Å². The summed E-state index contributed by atoms with van der Waals surface area (Å²) in [5.74, 6) is 1.94. The quantitative estimate of drug-likeness (QED) is 0.488. The molecule has 0 spiro atoms. The molecule has 2 heterocycles. The summed E-state index contributed by atoms with van der Waals surface area (Å²) in [6, 6.07) is 0. The smallest absolute Gasteiger partial charge is 0.164 e. The molecule has 0 N–H and O–H groups in total. The Bertz CT molecular complexity index is 300. The van der Waals surface area contributed by atoms with E-state index in [1.165, 1.54) is 38.5 Å². The van der Waals surface area contributed by atoms with Gasteiger partial charge in [-0.05, 0) is 0 Å². The summed E-state index contributed by atoms with van der Waals surface area (Å²) < 4.78 is 0. The molecule has 4 heteroatoms. The molecule has 0 aromatic rings. The highest BCUT2D eigenvalue weighted by atomic mass is 35.6. The van der Waals surface area contributed by atoms with Crippen LogP contribution in [-0.4, -0.2) is 22.9 Å². The van der Waals surface area contributed by atoms with Crippen molar-refractivity contribution in [1.82, 2.24) is 0 Å². The number of hydrogen-bond acceptors (Lipinski definition) is 0. The first-order valence-corrected chi connectivity index (χ1v) is 14.2. The Morgan fingerprint density at radius 2 is 1.56 bits per heavy atom. The molecule has 0 atom stereocenters. The van der Waals surface area contributed by atoms with E-state index < -0.39 is 16.2 Å². The zero-order valence-electron chi connectivity index (χ0n) is 12.4. The van der Waals surface area contributed by atoms with Gasteiger partial charge < -0.3 is 0 Å². The highest BCUT2D eigenvalue weighted by Crippen LogP contribution is 2.49. The molecule has 2 fully saturated rings. The number of rotatable bonds is 3. The molecule has 2 rings (SSSR count). The Labute approximate surface area is 121 Å². The van der Waals surface area contributed by atoms with Crippen molar-refractivity contribution in [2.24, 2.45) is 0 Å². The predicted octanol–water partition coefficient (Wildman–Crippen LogP) is 5.33. The molecule has 2 aliphatic heterocycles. The molecular formula is C14H27BClSi2. The molecule has 18 heavy (non-hydrogen) atoms. The van der Waals surface area contributed by atoms with Crippen LogP contribution < -0.4 is 0 Å². The number of fused-ring (bicyclic) bond motifs is 2. The van der Waals surface area contributed by atoms with Gasteiger partial charge in [-0.25, -0.2) is 0 Å². The van der Waals surface area contributed by atoms with Gasteiger partial charge in [0, 0.05) is 0 Å². The summed E-state index contributed by atoms with van der Waals surface area (Å²) >= 11 is 6.65. The molecular weight excluding hydrogens is 271 g/mol. The molecule has 0 nitrogen and oxygen atoms in total. The lowest BCUT2D eigenvalue weighted by molar-refractivity contribution is 0.447. The highest BCUT2D eigenvalue weighted by molar-refractivity contribution is 7.17. The van der Waals surface area contributed by atoms with Crippen LogP contribution >= 0.6 is 11.1 Å². The Balaban J connectivity index is 2.27. The Kier molecular flexibility index (Phi) is 4.88. The summed E-state index contributed by atoms with van der Waals surface area (Å²) in [5.41, 5.74) is 2.66. The fraction of sp³-hybridized carbons (Fsp3) is 0.857. The first-order chi connectivity index (χ1) is 8.38. The molecule has 0 saturated carbocycles. The van der Waals surface area contributed by atoms with Crippen LogP contribution in [0.5, 0.6) is 0 Å². The van der Waals surface area contributed by atoms with Crippen molar-refractivity contribution in [3.05, 3.63) is 10.8 Å². The van der Waals surface area contributed by atoms with Crippen molar-refractivity contribution in [3.8, 4) is 0 Å². The third-order valence-electron chi connectivity index (χ3n) is 4.66. The van der Waals surface area contributed by atoms with Gasteiger partial charge in [0.05, 0.1) is 8.07 Å². The van der Waals surface area contributed by atoms with E-state index in [0.29, 0.717) is 0 Å². The lowest BCUT2D eigenvalue weighted by Crippen LogP contribution is -2.41.